The largest absolute Gasteiger partial charge is 0.431 e. The number of carbonyl (C=O) groups is 1. The number of nitriles is 1. The van der Waals surface area contributed by atoms with Crippen LogP contribution in [0, 0.1) is 11.3 Å². The molecule has 0 saturated carbocycles. The zero-order chi connectivity index (χ0) is 14.7. The van der Waals surface area contributed by atoms with E-state index in [1.54, 1.807) is 0 Å². The molecule has 0 fully saturated rings. The second kappa shape index (κ2) is 5.95. The van der Waals surface area contributed by atoms with E-state index in [9.17, 15) is 4.79 Å². The minimum atomic E-state index is -0.221. The molecular formula is C13H8N4O2S2. The first kappa shape index (κ1) is 13.6. The third kappa shape index (κ3) is 3.21. The number of fused-ring (bicyclic) bond motifs is 1. The first-order chi connectivity index (χ1) is 10.2. The second-order valence-corrected chi connectivity index (χ2v) is 5.88. The van der Waals surface area contributed by atoms with Crippen LogP contribution in [0.4, 0.5) is 5.13 Å². The number of para-hydroxylation sites is 2. The first-order valence-electron chi connectivity index (χ1n) is 5.89. The molecule has 8 heteroatoms. The number of anilines is 1. The number of aromatic nitrogens is 2. The Bertz CT molecular complexity index is 801. The fourth-order valence-electron chi connectivity index (χ4n) is 1.58. The standard InChI is InChI=1S/C13H8N4O2S2/c14-5-8-6-15-12(21-8)17-11(18)7-20-13-16-9-3-1-2-4-10(9)19-13/h1-4,6H,7H2,(H,15,17,18). The van der Waals surface area contributed by atoms with Crippen LogP contribution < -0.4 is 5.32 Å². The number of carbonyl (C=O) groups excluding carboxylic acids is 1. The third-order valence-corrected chi connectivity index (χ3v) is 4.11. The average Bonchev–Trinajstić information content (AvgIpc) is 3.10. The van der Waals surface area contributed by atoms with Crippen LogP contribution in [0.1, 0.15) is 4.88 Å². The Hall–Kier alpha value is -2.37. The SMILES string of the molecule is N#Cc1cnc(NC(=O)CSc2nc3ccccc3o2)s1. The van der Waals surface area contributed by atoms with E-state index in [1.165, 1.54) is 18.0 Å². The van der Waals surface area contributed by atoms with Crippen molar-refractivity contribution >= 4 is 45.2 Å². The van der Waals surface area contributed by atoms with Gasteiger partial charge in [0.05, 0.1) is 11.9 Å². The molecule has 0 unspecified atom stereocenters. The number of hydrogen-bond donors (Lipinski definition) is 1. The molecule has 0 saturated heterocycles. The lowest BCUT2D eigenvalue weighted by Gasteiger charge is -1.98. The summed E-state index contributed by atoms with van der Waals surface area (Å²) in [5.41, 5.74) is 1.46. The summed E-state index contributed by atoms with van der Waals surface area (Å²) in [7, 11) is 0. The summed E-state index contributed by atoms with van der Waals surface area (Å²) >= 11 is 2.34. The van der Waals surface area contributed by atoms with Gasteiger partial charge in [-0.1, -0.05) is 35.2 Å². The van der Waals surface area contributed by atoms with Gasteiger partial charge in [0.1, 0.15) is 16.5 Å². The molecule has 0 aliphatic rings. The van der Waals surface area contributed by atoms with Crippen LogP contribution in [-0.2, 0) is 4.79 Å². The fourth-order valence-corrected chi connectivity index (χ4v) is 2.85. The summed E-state index contributed by atoms with van der Waals surface area (Å²) in [5.74, 6) is -0.0602. The molecule has 104 valence electrons. The number of thiazole rings is 1. The lowest BCUT2D eigenvalue weighted by molar-refractivity contribution is -0.113. The summed E-state index contributed by atoms with van der Waals surface area (Å²) < 4.78 is 5.51. The molecule has 1 amide bonds. The van der Waals surface area contributed by atoms with E-state index in [-0.39, 0.29) is 11.7 Å². The van der Waals surface area contributed by atoms with Gasteiger partial charge in [0.15, 0.2) is 10.7 Å². The maximum absolute atomic E-state index is 11.8. The molecule has 3 aromatic rings. The minimum absolute atomic E-state index is 0.161. The summed E-state index contributed by atoms with van der Waals surface area (Å²) in [5, 5.41) is 12.2. The van der Waals surface area contributed by atoms with Crippen molar-refractivity contribution in [3.8, 4) is 6.07 Å². The molecule has 21 heavy (non-hydrogen) atoms. The van der Waals surface area contributed by atoms with E-state index >= 15 is 0 Å². The van der Waals surface area contributed by atoms with Gasteiger partial charge in [-0.05, 0) is 12.1 Å². The van der Waals surface area contributed by atoms with Gasteiger partial charge < -0.3 is 9.73 Å². The molecule has 0 atom stereocenters. The second-order valence-electron chi connectivity index (χ2n) is 3.93. The maximum Gasteiger partial charge on any atom is 0.257 e. The van der Waals surface area contributed by atoms with E-state index in [0.29, 0.717) is 20.8 Å². The number of amides is 1. The van der Waals surface area contributed by atoms with E-state index in [4.69, 9.17) is 9.68 Å². The molecule has 3 rings (SSSR count). The van der Waals surface area contributed by atoms with Crippen molar-refractivity contribution in [2.24, 2.45) is 0 Å². The van der Waals surface area contributed by atoms with Gasteiger partial charge in [0.25, 0.3) is 5.22 Å². The molecule has 0 aliphatic carbocycles. The average molecular weight is 316 g/mol. The van der Waals surface area contributed by atoms with E-state index < -0.39 is 0 Å². The Balaban J connectivity index is 1.59. The third-order valence-electron chi connectivity index (χ3n) is 2.46. The highest BCUT2D eigenvalue weighted by molar-refractivity contribution is 7.99. The molecule has 0 bridgehead atoms. The molecule has 1 N–H and O–H groups in total. The van der Waals surface area contributed by atoms with Crippen LogP contribution >= 0.6 is 23.1 Å². The van der Waals surface area contributed by atoms with Crippen LogP contribution in [0.25, 0.3) is 11.1 Å². The first-order valence-corrected chi connectivity index (χ1v) is 7.69. The summed E-state index contributed by atoms with van der Waals surface area (Å²) in [6.45, 7) is 0. The molecule has 2 heterocycles. The Morgan fingerprint density at radius 2 is 2.33 bits per heavy atom. The van der Waals surface area contributed by atoms with Crippen molar-refractivity contribution in [2.45, 2.75) is 5.22 Å². The van der Waals surface area contributed by atoms with Gasteiger partial charge in [-0.25, -0.2) is 9.97 Å². The van der Waals surface area contributed by atoms with Crippen LogP contribution in [0.15, 0.2) is 40.1 Å². The number of rotatable bonds is 4. The Labute approximate surface area is 127 Å². The maximum atomic E-state index is 11.8. The number of oxazole rings is 1. The molecule has 0 aliphatic heterocycles. The molecular weight excluding hydrogens is 308 g/mol. The van der Waals surface area contributed by atoms with Crippen LogP contribution in [0.3, 0.4) is 0 Å². The smallest absolute Gasteiger partial charge is 0.257 e. The van der Waals surface area contributed by atoms with Crippen LogP contribution in [-0.4, -0.2) is 21.6 Å². The van der Waals surface area contributed by atoms with Gasteiger partial charge in [-0.2, -0.15) is 5.26 Å². The van der Waals surface area contributed by atoms with Crippen LogP contribution in [0.2, 0.25) is 0 Å². The summed E-state index contributed by atoms with van der Waals surface area (Å²) in [4.78, 5) is 20.4. The number of thioether (sulfide) groups is 1. The van der Waals surface area contributed by atoms with E-state index in [2.05, 4.69) is 15.3 Å². The monoisotopic (exact) mass is 316 g/mol. The number of nitrogens with zero attached hydrogens (tertiary/aromatic N) is 3. The zero-order valence-electron chi connectivity index (χ0n) is 10.6. The number of nitrogens with one attached hydrogen (secondary N) is 1. The molecule has 2 aromatic heterocycles. The van der Waals surface area contributed by atoms with Crippen molar-refractivity contribution in [3.05, 3.63) is 35.3 Å². The predicted octanol–water partition coefficient (Wildman–Crippen LogP) is 2.89. The highest BCUT2D eigenvalue weighted by atomic mass is 32.2. The number of hydrogen-bond acceptors (Lipinski definition) is 7. The predicted molar refractivity (Wildman–Crippen MR) is 80.2 cm³/mol. The van der Waals surface area contributed by atoms with Crippen molar-refractivity contribution in [1.82, 2.24) is 9.97 Å². The van der Waals surface area contributed by atoms with Gasteiger partial charge in [0.2, 0.25) is 5.91 Å². The number of benzene rings is 1. The molecule has 1 aromatic carbocycles. The van der Waals surface area contributed by atoms with Crippen molar-refractivity contribution in [2.75, 3.05) is 11.1 Å². The highest BCUT2D eigenvalue weighted by Crippen LogP contribution is 2.23. The summed E-state index contributed by atoms with van der Waals surface area (Å²) in [6.07, 6.45) is 1.42. The fraction of sp³-hybridized carbons (Fsp3) is 0.0769. The van der Waals surface area contributed by atoms with Crippen molar-refractivity contribution in [1.29, 1.82) is 5.26 Å². The Kier molecular flexibility index (Phi) is 3.85. The lowest BCUT2D eigenvalue weighted by Crippen LogP contribution is -2.13. The zero-order valence-corrected chi connectivity index (χ0v) is 12.2. The van der Waals surface area contributed by atoms with E-state index in [1.807, 2.05) is 30.3 Å². The molecule has 0 spiro atoms. The quantitative estimate of drug-likeness (QED) is 0.744. The van der Waals surface area contributed by atoms with Gasteiger partial charge in [-0.15, -0.1) is 0 Å². The van der Waals surface area contributed by atoms with Gasteiger partial charge >= 0.3 is 0 Å². The Morgan fingerprint density at radius 3 is 3.10 bits per heavy atom. The highest BCUT2D eigenvalue weighted by Gasteiger charge is 2.10. The lowest BCUT2D eigenvalue weighted by atomic mass is 10.3. The van der Waals surface area contributed by atoms with Crippen molar-refractivity contribution in [3.63, 3.8) is 0 Å². The van der Waals surface area contributed by atoms with Crippen molar-refractivity contribution < 1.29 is 9.21 Å². The molecule has 0 radical (unpaired) electrons. The summed E-state index contributed by atoms with van der Waals surface area (Å²) in [6, 6.07) is 9.38. The van der Waals surface area contributed by atoms with Gasteiger partial charge in [0, 0.05) is 0 Å². The Morgan fingerprint density at radius 1 is 1.48 bits per heavy atom. The van der Waals surface area contributed by atoms with Crippen LogP contribution in [0.5, 0.6) is 0 Å². The van der Waals surface area contributed by atoms with Gasteiger partial charge in [-0.3, -0.25) is 4.79 Å². The molecule has 6 nitrogen and oxygen atoms in total. The van der Waals surface area contributed by atoms with E-state index in [0.717, 1.165) is 16.9 Å². The topological polar surface area (TPSA) is 91.8 Å². The minimum Gasteiger partial charge on any atom is -0.431 e. The normalized spacial score (nSPS) is 10.4.